The van der Waals surface area contributed by atoms with Crippen LogP contribution in [-0.4, -0.2) is 15.5 Å². The molecular formula is C9H13BrN2S. The average Bonchev–Trinajstić information content (AvgIpc) is 2.44. The van der Waals surface area contributed by atoms with Crippen LogP contribution in [-0.2, 0) is 6.54 Å². The number of rotatable bonds is 3. The Labute approximate surface area is 92.2 Å². The van der Waals surface area contributed by atoms with E-state index in [4.69, 9.17) is 0 Å². The van der Waals surface area contributed by atoms with Crippen molar-refractivity contribution in [3.63, 3.8) is 0 Å². The number of halogens is 1. The molecule has 1 aromatic rings. The highest BCUT2D eigenvalue weighted by molar-refractivity contribution is 9.10. The van der Waals surface area contributed by atoms with Crippen LogP contribution in [0.2, 0.25) is 0 Å². The molecule has 1 aromatic heterocycles. The molecule has 0 spiro atoms. The molecule has 1 fully saturated rings. The smallest absolute Gasteiger partial charge is 0.0632 e. The molecule has 2 rings (SSSR count). The van der Waals surface area contributed by atoms with E-state index in [1.54, 1.807) is 0 Å². The van der Waals surface area contributed by atoms with Crippen molar-refractivity contribution in [3.05, 3.63) is 16.9 Å². The van der Waals surface area contributed by atoms with Gasteiger partial charge in [-0.15, -0.1) is 0 Å². The summed E-state index contributed by atoms with van der Waals surface area (Å²) in [5, 5.41) is 4.27. The highest BCUT2D eigenvalue weighted by Gasteiger charge is 2.36. The molecule has 1 saturated carbocycles. The zero-order valence-electron chi connectivity index (χ0n) is 7.41. The number of aromatic nitrogens is 2. The van der Waals surface area contributed by atoms with Crippen LogP contribution >= 0.6 is 28.6 Å². The Bertz CT molecular complexity index is 288. The van der Waals surface area contributed by atoms with E-state index in [0.717, 1.165) is 16.8 Å². The predicted octanol–water partition coefficient (Wildman–Crippen LogP) is 2.75. The van der Waals surface area contributed by atoms with Crippen LogP contribution in [0.3, 0.4) is 0 Å². The second kappa shape index (κ2) is 3.65. The lowest BCUT2D eigenvalue weighted by molar-refractivity contribution is 0.133. The lowest BCUT2D eigenvalue weighted by Crippen LogP contribution is -2.36. The molecule has 1 aliphatic rings. The first-order valence-corrected chi connectivity index (χ1v) is 5.95. The molecule has 72 valence electrons. The summed E-state index contributed by atoms with van der Waals surface area (Å²) in [6.45, 7) is 1.02. The van der Waals surface area contributed by atoms with Crippen molar-refractivity contribution in [2.75, 3.05) is 5.75 Å². The summed E-state index contributed by atoms with van der Waals surface area (Å²) in [4.78, 5) is 0. The van der Waals surface area contributed by atoms with Gasteiger partial charge in [-0.25, -0.2) is 0 Å². The number of hydrogen-bond acceptors (Lipinski definition) is 2. The van der Waals surface area contributed by atoms with E-state index < -0.39 is 0 Å². The Morgan fingerprint density at radius 3 is 2.77 bits per heavy atom. The molecule has 0 atom stereocenters. The molecule has 0 aromatic carbocycles. The van der Waals surface area contributed by atoms with Crippen LogP contribution in [0.1, 0.15) is 19.3 Å². The Morgan fingerprint density at radius 2 is 2.38 bits per heavy atom. The number of nitrogens with zero attached hydrogens (tertiary/aromatic N) is 2. The van der Waals surface area contributed by atoms with Crippen molar-refractivity contribution in [1.29, 1.82) is 0 Å². The van der Waals surface area contributed by atoms with Gasteiger partial charge in [0.1, 0.15) is 0 Å². The van der Waals surface area contributed by atoms with Gasteiger partial charge in [0.15, 0.2) is 0 Å². The topological polar surface area (TPSA) is 17.8 Å². The van der Waals surface area contributed by atoms with E-state index >= 15 is 0 Å². The Kier molecular flexibility index (Phi) is 2.70. The highest BCUT2D eigenvalue weighted by Crippen LogP contribution is 2.43. The van der Waals surface area contributed by atoms with Gasteiger partial charge in [0, 0.05) is 12.7 Å². The Hall–Kier alpha value is 0.0400. The summed E-state index contributed by atoms with van der Waals surface area (Å²) in [6.07, 6.45) is 7.82. The van der Waals surface area contributed by atoms with E-state index in [1.807, 2.05) is 17.1 Å². The van der Waals surface area contributed by atoms with Crippen molar-refractivity contribution in [3.8, 4) is 0 Å². The van der Waals surface area contributed by atoms with E-state index in [2.05, 4.69) is 33.7 Å². The second-order valence-corrected chi connectivity index (χ2v) is 5.10. The third-order valence-electron chi connectivity index (χ3n) is 2.85. The van der Waals surface area contributed by atoms with Crippen LogP contribution in [0.4, 0.5) is 0 Å². The summed E-state index contributed by atoms with van der Waals surface area (Å²) in [5.74, 6) is 0.977. The van der Waals surface area contributed by atoms with Crippen molar-refractivity contribution >= 4 is 28.6 Å². The maximum Gasteiger partial charge on any atom is 0.0632 e. The van der Waals surface area contributed by atoms with Crippen LogP contribution in [0.15, 0.2) is 16.9 Å². The first kappa shape index (κ1) is 9.59. The number of hydrogen-bond donors (Lipinski definition) is 1. The fourth-order valence-corrected chi connectivity index (χ4v) is 2.56. The fourth-order valence-electron chi connectivity index (χ4n) is 1.81. The van der Waals surface area contributed by atoms with E-state index in [-0.39, 0.29) is 0 Å². The molecule has 0 unspecified atom stereocenters. The molecule has 0 aliphatic heterocycles. The summed E-state index contributed by atoms with van der Waals surface area (Å²) in [7, 11) is 0. The van der Waals surface area contributed by atoms with E-state index in [0.29, 0.717) is 5.41 Å². The monoisotopic (exact) mass is 260 g/mol. The minimum absolute atomic E-state index is 0.425. The standard InChI is InChI=1S/C9H13BrN2S/c10-8-4-11-12(5-8)6-9(7-13)2-1-3-9/h4-5,13H,1-3,6-7H2. The summed E-state index contributed by atoms with van der Waals surface area (Å²) in [6, 6.07) is 0. The van der Waals surface area contributed by atoms with Crippen LogP contribution in [0.25, 0.3) is 0 Å². The van der Waals surface area contributed by atoms with Crippen molar-refractivity contribution in [1.82, 2.24) is 9.78 Å². The molecule has 4 heteroatoms. The summed E-state index contributed by atoms with van der Waals surface area (Å²) in [5.41, 5.74) is 0.425. The normalized spacial score (nSPS) is 19.8. The minimum atomic E-state index is 0.425. The van der Waals surface area contributed by atoms with Gasteiger partial charge in [0.2, 0.25) is 0 Å². The largest absolute Gasteiger partial charge is 0.271 e. The summed E-state index contributed by atoms with van der Waals surface area (Å²) >= 11 is 7.82. The quantitative estimate of drug-likeness (QED) is 0.828. The summed E-state index contributed by atoms with van der Waals surface area (Å²) < 4.78 is 3.07. The van der Waals surface area contributed by atoms with Gasteiger partial charge in [0.25, 0.3) is 0 Å². The first-order chi connectivity index (χ1) is 6.24. The first-order valence-electron chi connectivity index (χ1n) is 4.53. The third-order valence-corrected chi connectivity index (χ3v) is 3.93. The van der Waals surface area contributed by atoms with Crippen LogP contribution in [0.5, 0.6) is 0 Å². The van der Waals surface area contributed by atoms with Gasteiger partial charge in [0.05, 0.1) is 10.7 Å². The molecule has 1 heterocycles. The molecule has 0 N–H and O–H groups in total. The van der Waals surface area contributed by atoms with Gasteiger partial charge >= 0.3 is 0 Å². The predicted molar refractivity (Wildman–Crippen MR) is 60.1 cm³/mol. The Balaban J connectivity index is 2.04. The number of thiol groups is 1. The lowest BCUT2D eigenvalue weighted by atomic mass is 9.70. The lowest BCUT2D eigenvalue weighted by Gasteiger charge is -2.40. The highest BCUT2D eigenvalue weighted by atomic mass is 79.9. The van der Waals surface area contributed by atoms with Crippen molar-refractivity contribution in [2.45, 2.75) is 25.8 Å². The molecule has 0 bridgehead atoms. The minimum Gasteiger partial charge on any atom is -0.271 e. The van der Waals surface area contributed by atoms with E-state index in [1.165, 1.54) is 19.3 Å². The van der Waals surface area contributed by atoms with E-state index in [9.17, 15) is 0 Å². The van der Waals surface area contributed by atoms with Gasteiger partial charge in [-0.05, 0) is 39.9 Å². The van der Waals surface area contributed by atoms with Crippen molar-refractivity contribution in [2.24, 2.45) is 5.41 Å². The van der Waals surface area contributed by atoms with Gasteiger partial charge < -0.3 is 0 Å². The van der Waals surface area contributed by atoms with Crippen LogP contribution in [0, 0.1) is 5.41 Å². The molecule has 0 radical (unpaired) electrons. The average molecular weight is 261 g/mol. The zero-order valence-corrected chi connectivity index (χ0v) is 9.89. The molecule has 0 amide bonds. The molecule has 1 aliphatic carbocycles. The van der Waals surface area contributed by atoms with Gasteiger partial charge in [-0.3, -0.25) is 4.68 Å². The Morgan fingerprint density at radius 1 is 1.62 bits per heavy atom. The van der Waals surface area contributed by atoms with Crippen LogP contribution < -0.4 is 0 Å². The fraction of sp³-hybridized carbons (Fsp3) is 0.667. The van der Waals surface area contributed by atoms with Gasteiger partial charge in [-0.2, -0.15) is 17.7 Å². The molecule has 2 nitrogen and oxygen atoms in total. The molecular weight excluding hydrogens is 248 g/mol. The van der Waals surface area contributed by atoms with Crippen molar-refractivity contribution < 1.29 is 0 Å². The maximum atomic E-state index is 4.42. The molecule has 0 saturated heterocycles. The zero-order chi connectivity index (χ0) is 9.31. The maximum absolute atomic E-state index is 4.42. The molecule has 13 heavy (non-hydrogen) atoms. The van der Waals surface area contributed by atoms with Gasteiger partial charge in [-0.1, -0.05) is 6.42 Å². The second-order valence-electron chi connectivity index (χ2n) is 3.87. The SMILES string of the molecule is SCC1(Cn2cc(Br)cn2)CCC1. The third kappa shape index (κ3) is 1.94.